The number of nitrogens with one attached hydrogen (secondary N) is 3. The summed E-state index contributed by atoms with van der Waals surface area (Å²) in [5, 5.41) is 16.5. The van der Waals surface area contributed by atoms with Crippen LogP contribution in [0.2, 0.25) is 0 Å². The predicted octanol–water partition coefficient (Wildman–Crippen LogP) is -4.07. The van der Waals surface area contributed by atoms with Crippen LogP contribution in [0.1, 0.15) is 45.4 Å². The highest BCUT2D eigenvalue weighted by Gasteiger charge is 2.30. The van der Waals surface area contributed by atoms with E-state index in [0.29, 0.717) is 19.4 Å². The molecule has 0 fully saturated rings. The number of carbonyl (C=O) groups excluding carboxylic acids is 4. The quantitative estimate of drug-likeness (QED) is 0.0543. The summed E-state index contributed by atoms with van der Waals surface area (Å²) in [4.78, 5) is 64.2. The third-order valence-corrected chi connectivity index (χ3v) is 4.59. The summed E-state index contributed by atoms with van der Waals surface area (Å²) in [5.41, 5.74) is 26.6. The Balaban J connectivity index is 5.38. The van der Waals surface area contributed by atoms with Crippen molar-refractivity contribution in [3.63, 3.8) is 0 Å². The number of carboxylic acid groups (broad SMARTS) is 1. The predicted molar refractivity (Wildman–Crippen MR) is 124 cm³/mol. The molecule has 194 valence electrons. The van der Waals surface area contributed by atoms with Gasteiger partial charge in [0.15, 0.2) is 5.96 Å². The highest BCUT2D eigenvalue weighted by Crippen LogP contribution is 2.05. The molecule has 0 bridgehead atoms. The zero-order valence-corrected chi connectivity index (χ0v) is 19.3. The lowest BCUT2D eigenvalue weighted by atomic mass is 10.1. The summed E-state index contributed by atoms with van der Waals surface area (Å²) in [5.74, 6) is -4.66. The second kappa shape index (κ2) is 16.2. The van der Waals surface area contributed by atoms with E-state index in [0.717, 1.165) is 0 Å². The number of carboxylic acids is 1. The SMILES string of the molecule is CC(N)C(=O)NC(CCCCN)C(=O)NC(CC(N)=O)C(=O)NC(CCCN=C(N)N)C(=O)O. The van der Waals surface area contributed by atoms with Crippen molar-refractivity contribution in [1.82, 2.24) is 16.0 Å². The first-order chi connectivity index (χ1) is 15.9. The van der Waals surface area contributed by atoms with E-state index in [4.69, 9.17) is 28.7 Å². The van der Waals surface area contributed by atoms with Crippen LogP contribution in [-0.2, 0) is 24.0 Å². The summed E-state index contributed by atoms with van der Waals surface area (Å²) in [6.07, 6.45) is 0.930. The number of hydrogen-bond acceptors (Lipinski definition) is 8. The van der Waals surface area contributed by atoms with Crippen molar-refractivity contribution < 1.29 is 29.1 Å². The topological polar surface area (TPSA) is 284 Å². The van der Waals surface area contributed by atoms with Crippen molar-refractivity contribution in [1.29, 1.82) is 0 Å². The van der Waals surface area contributed by atoms with Crippen molar-refractivity contribution in [3.8, 4) is 0 Å². The molecule has 4 amide bonds. The Bertz CT molecular complexity index is 740. The number of amides is 4. The van der Waals surface area contributed by atoms with E-state index in [9.17, 15) is 29.1 Å². The summed E-state index contributed by atoms with van der Waals surface area (Å²) >= 11 is 0. The van der Waals surface area contributed by atoms with Crippen molar-refractivity contribution in [2.24, 2.45) is 33.7 Å². The van der Waals surface area contributed by atoms with Gasteiger partial charge in [0.25, 0.3) is 0 Å². The van der Waals surface area contributed by atoms with E-state index in [-0.39, 0.29) is 31.8 Å². The van der Waals surface area contributed by atoms with Gasteiger partial charge in [0.05, 0.1) is 12.5 Å². The van der Waals surface area contributed by atoms with Crippen molar-refractivity contribution in [2.45, 2.75) is 69.6 Å². The highest BCUT2D eigenvalue weighted by atomic mass is 16.4. The molecule has 0 aromatic heterocycles. The fraction of sp³-hybridized carbons (Fsp3) is 0.684. The normalized spacial score (nSPS) is 14.1. The minimum Gasteiger partial charge on any atom is -0.480 e. The van der Waals surface area contributed by atoms with E-state index in [1.165, 1.54) is 6.92 Å². The first-order valence-electron chi connectivity index (χ1n) is 10.8. The summed E-state index contributed by atoms with van der Waals surface area (Å²) in [7, 11) is 0. The van der Waals surface area contributed by atoms with Crippen molar-refractivity contribution in [3.05, 3.63) is 0 Å². The third kappa shape index (κ3) is 13.2. The second-order valence-corrected chi connectivity index (χ2v) is 7.71. The molecule has 14 N–H and O–H groups in total. The second-order valence-electron chi connectivity index (χ2n) is 7.71. The van der Waals surface area contributed by atoms with E-state index < -0.39 is 60.2 Å². The average molecular weight is 488 g/mol. The average Bonchev–Trinajstić information content (AvgIpc) is 2.73. The van der Waals surface area contributed by atoms with E-state index in [1.54, 1.807) is 0 Å². The molecule has 34 heavy (non-hydrogen) atoms. The van der Waals surface area contributed by atoms with Gasteiger partial charge in [-0.25, -0.2) is 4.79 Å². The molecular weight excluding hydrogens is 450 g/mol. The molecule has 0 radical (unpaired) electrons. The van der Waals surface area contributed by atoms with Gasteiger partial charge in [-0.3, -0.25) is 24.2 Å². The first kappa shape index (κ1) is 30.5. The Hall–Kier alpha value is -3.46. The van der Waals surface area contributed by atoms with Gasteiger partial charge in [0.1, 0.15) is 18.1 Å². The van der Waals surface area contributed by atoms with Gasteiger partial charge in [-0.2, -0.15) is 0 Å². The Morgan fingerprint density at radius 1 is 0.824 bits per heavy atom. The zero-order valence-electron chi connectivity index (χ0n) is 19.3. The molecule has 0 saturated heterocycles. The molecule has 0 rings (SSSR count). The highest BCUT2D eigenvalue weighted by molar-refractivity contribution is 5.96. The van der Waals surface area contributed by atoms with Gasteiger partial charge in [0, 0.05) is 6.54 Å². The van der Waals surface area contributed by atoms with Crippen LogP contribution in [-0.4, -0.2) is 77.9 Å². The summed E-state index contributed by atoms with van der Waals surface area (Å²) in [6.45, 7) is 1.96. The van der Waals surface area contributed by atoms with Crippen LogP contribution in [0.4, 0.5) is 0 Å². The number of rotatable bonds is 17. The van der Waals surface area contributed by atoms with Crippen molar-refractivity contribution in [2.75, 3.05) is 13.1 Å². The molecule has 0 aromatic rings. The molecular formula is C19H37N9O6. The van der Waals surface area contributed by atoms with Crippen LogP contribution in [0.3, 0.4) is 0 Å². The molecule has 0 saturated carbocycles. The Morgan fingerprint density at radius 2 is 1.35 bits per heavy atom. The minimum absolute atomic E-state index is 0.0126. The molecule has 0 aliphatic rings. The Labute approximate surface area is 197 Å². The lowest BCUT2D eigenvalue weighted by Crippen LogP contribution is -2.57. The molecule has 0 aliphatic heterocycles. The van der Waals surface area contributed by atoms with Gasteiger partial charge < -0.3 is 49.7 Å². The van der Waals surface area contributed by atoms with Crippen LogP contribution < -0.4 is 44.6 Å². The van der Waals surface area contributed by atoms with Crippen LogP contribution in [0, 0.1) is 0 Å². The lowest BCUT2D eigenvalue weighted by Gasteiger charge is -2.24. The number of nitrogens with two attached hydrogens (primary N) is 5. The molecule has 4 atom stereocenters. The van der Waals surface area contributed by atoms with Crippen LogP contribution >= 0.6 is 0 Å². The maximum atomic E-state index is 12.8. The number of carbonyl (C=O) groups is 5. The number of primary amides is 1. The van der Waals surface area contributed by atoms with Crippen LogP contribution in [0.15, 0.2) is 4.99 Å². The minimum atomic E-state index is -1.46. The molecule has 4 unspecified atom stereocenters. The van der Waals surface area contributed by atoms with Gasteiger partial charge in [-0.1, -0.05) is 0 Å². The Morgan fingerprint density at radius 3 is 1.85 bits per heavy atom. The van der Waals surface area contributed by atoms with Gasteiger partial charge >= 0.3 is 5.97 Å². The van der Waals surface area contributed by atoms with E-state index >= 15 is 0 Å². The smallest absolute Gasteiger partial charge is 0.326 e. The number of hydrogen-bond donors (Lipinski definition) is 9. The fourth-order valence-electron chi connectivity index (χ4n) is 2.78. The van der Waals surface area contributed by atoms with E-state index in [1.807, 2.05) is 0 Å². The van der Waals surface area contributed by atoms with Gasteiger partial charge in [-0.15, -0.1) is 0 Å². The molecule has 0 aliphatic carbocycles. The summed E-state index contributed by atoms with van der Waals surface area (Å²) < 4.78 is 0. The third-order valence-electron chi connectivity index (χ3n) is 4.59. The molecule has 0 aromatic carbocycles. The number of guanidine groups is 1. The molecule has 0 spiro atoms. The monoisotopic (exact) mass is 487 g/mol. The number of aliphatic carboxylic acids is 1. The molecule has 15 nitrogen and oxygen atoms in total. The largest absolute Gasteiger partial charge is 0.480 e. The van der Waals surface area contributed by atoms with E-state index in [2.05, 4.69) is 20.9 Å². The van der Waals surface area contributed by atoms with Crippen LogP contribution in [0.5, 0.6) is 0 Å². The van der Waals surface area contributed by atoms with Gasteiger partial charge in [0.2, 0.25) is 23.6 Å². The zero-order chi connectivity index (χ0) is 26.3. The van der Waals surface area contributed by atoms with Crippen molar-refractivity contribution >= 4 is 35.6 Å². The maximum absolute atomic E-state index is 12.8. The maximum Gasteiger partial charge on any atom is 0.326 e. The Kier molecular flexibility index (Phi) is 14.6. The first-order valence-corrected chi connectivity index (χ1v) is 10.8. The van der Waals surface area contributed by atoms with Gasteiger partial charge in [-0.05, 0) is 45.6 Å². The molecule has 15 heteroatoms. The van der Waals surface area contributed by atoms with Crippen LogP contribution in [0.25, 0.3) is 0 Å². The fourth-order valence-corrected chi connectivity index (χ4v) is 2.78. The summed E-state index contributed by atoms with van der Waals surface area (Å²) in [6, 6.07) is -4.73. The standard InChI is InChI=1S/C19H37N9O6/c1-10(21)15(30)26-11(5-2-3-7-20)16(31)28-13(9-14(22)29)17(32)27-12(18(33)34)6-4-8-25-19(23)24/h10-13H,2-9,20-21H2,1H3,(H2,22,29)(H,26,30)(H,27,32)(H,28,31)(H,33,34)(H4,23,24,25). The number of aliphatic imine (C=N–C) groups is 1. The molecule has 0 heterocycles. The number of nitrogens with zero attached hydrogens (tertiary/aromatic N) is 1. The number of unbranched alkanes of at least 4 members (excludes halogenated alkanes) is 1. The lowest BCUT2D eigenvalue weighted by molar-refractivity contribution is -0.142.